The molecule has 0 aliphatic carbocycles. The van der Waals surface area contributed by atoms with Crippen molar-refractivity contribution in [2.24, 2.45) is 0 Å². The molecule has 0 saturated heterocycles. The first-order chi connectivity index (χ1) is 15.8. The smallest absolute Gasteiger partial charge is 0.267 e. The second-order valence-electron chi connectivity index (χ2n) is 7.89. The number of carbonyl (C=O) groups is 1. The van der Waals surface area contributed by atoms with Crippen LogP contribution in [0.15, 0.2) is 99.6 Å². The van der Waals surface area contributed by atoms with Gasteiger partial charge in [-0.2, -0.15) is 0 Å². The topological polar surface area (TPSA) is 54.5 Å². The molecular formula is C27H29NO3S2. The van der Waals surface area contributed by atoms with Crippen LogP contribution in [0.2, 0.25) is 0 Å². The Morgan fingerprint density at radius 2 is 1.45 bits per heavy atom. The molecule has 0 radical (unpaired) electrons. The molecule has 0 fully saturated rings. The van der Waals surface area contributed by atoms with Crippen molar-refractivity contribution in [1.29, 1.82) is 0 Å². The molecule has 33 heavy (non-hydrogen) atoms. The highest BCUT2D eigenvalue weighted by Crippen LogP contribution is 2.31. The second kappa shape index (κ2) is 11.3. The Morgan fingerprint density at radius 1 is 0.879 bits per heavy atom. The van der Waals surface area contributed by atoms with Crippen LogP contribution in [-0.4, -0.2) is 18.6 Å². The largest absolute Gasteiger partial charge is 0.274 e. The molecular weight excluding hydrogens is 450 g/mol. The van der Waals surface area contributed by atoms with Gasteiger partial charge in [0.2, 0.25) is 0 Å². The number of hydrogen-bond acceptors (Lipinski definition) is 4. The highest BCUT2D eigenvalue weighted by atomic mass is 32.2. The molecule has 0 bridgehead atoms. The van der Waals surface area contributed by atoms with Crippen LogP contribution >= 0.6 is 11.8 Å². The van der Waals surface area contributed by atoms with Gasteiger partial charge in [0.1, 0.15) is 0 Å². The number of sulfonamides is 1. The third-order valence-corrected chi connectivity index (χ3v) is 7.89. The van der Waals surface area contributed by atoms with Gasteiger partial charge in [-0.15, -0.1) is 0 Å². The molecule has 4 nitrogen and oxygen atoms in total. The maximum Gasteiger partial charge on any atom is 0.274 e. The average Bonchev–Trinajstić information content (AvgIpc) is 2.82. The lowest BCUT2D eigenvalue weighted by Crippen LogP contribution is -2.37. The summed E-state index contributed by atoms with van der Waals surface area (Å²) < 4.78 is 28.3. The fourth-order valence-electron chi connectivity index (χ4n) is 3.16. The van der Waals surface area contributed by atoms with Crippen molar-refractivity contribution < 1.29 is 13.2 Å². The minimum Gasteiger partial charge on any atom is -0.267 e. The molecule has 172 valence electrons. The Balaban J connectivity index is 2.03. The number of unbranched alkanes of at least 4 members (excludes halogenated alkanes) is 1. The van der Waals surface area contributed by atoms with Gasteiger partial charge in [0, 0.05) is 4.90 Å². The zero-order chi connectivity index (χ0) is 23.8. The van der Waals surface area contributed by atoms with Crippen LogP contribution in [0.4, 0.5) is 0 Å². The lowest BCUT2D eigenvalue weighted by Gasteiger charge is -2.24. The number of rotatable bonds is 9. The van der Waals surface area contributed by atoms with Gasteiger partial charge in [-0.05, 0) is 50.1 Å². The van der Waals surface area contributed by atoms with E-state index in [1.54, 1.807) is 24.3 Å². The Bertz CT molecular complexity index is 1200. The first kappa shape index (κ1) is 24.8. The molecule has 0 unspecified atom stereocenters. The normalized spacial score (nSPS) is 11.9. The van der Waals surface area contributed by atoms with Gasteiger partial charge in [-0.3, -0.25) is 4.79 Å². The number of aryl methyl sites for hydroxylation is 2. The maximum absolute atomic E-state index is 13.8. The van der Waals surface area contributed by atoms with Gasteiger partial charge in [-0.25, -0.2) is 12.7 Å². The van der Waals surface area contributed by atoms with Crippen molar-refractivity contribution >= 4 is 27.7 Å². The molecule has 0 spiro atoms. The molecule has 1 amide bonds. The lowest BCUT2D eigenvalue weighted by atomic mass is 10.2. The maximum atomic E-state index is 13.8. The Kier molecular flexibility index (Phi) is 8.53. The number of hydrogen-bond donors (Lipinski definition) is 0. The molecule has 0 saturated carbocycles. The molecule has 3 rings (SSSR count). The van der Waals surface area contributed by atoms with E-state index < -0.39 is 15.9 Å². The molecule has 0 N–H and O–H groups in total. The number of carbonyl (C=O) groups excluding carboxylic acids is 1. The summed E-state index contributed by atoms with van der Waals surface area (Å²) >= 11 is 1.30. The van der Waals surface area contributed by atoms with E-state index in [2.05, 4.69) is 0 Å². The summed E-state index contributed by atoms with van der Waals surface area (Å²) in [5.74, 6) is -0.515. The highest BCUT2D eigenvalue weighted by Gasteiger charge is 2.32. The number of benzene rings is 3. The van der Waals surface area contributed by atoms with E-state index in [-0.39, 0.29) is 11.4 Å². The minimum absolute atomic E-state index is 0.0339. The van der Waals surface area contributed by atoms with Crippen molar-refractivity contribution in [3.8, 4) is 0 Å². The monoisotopic (exact) mass is 479 g/mol. The van der Waals surface area contributed by atoms with E-state index >= 15 is 0 Å². The predicted molar refractivity (Wildman–Crippen MR) is 135 cm³/mol. The summed E-state index contributed by atoms with van der Waals surface area (Å²) in [5.41, 5.74) is 2.82. The number of amides is 1. The van der Waals surface area contributed by atoms with Crippen LogP contribution in [0, 0.1) is 13.8 Å². The van der Waals surface area contributed by atoms with Crippen LogP contribution in [0.3, 0.4) is 0 Å². The van der Waals surface area contributed by atoms with E-state index in [9.17, 15) is 13.2 Å². The van der Waals surface area contributed by atoms with Gasteiger partial charge in [0.15, 0.2) is 0 Å². The van der Waals surface area contributed by atoms with Crippen LogP contribution in [0.5, 0.6) is 0 Å². The fraction of sp³-hybridized carbons (Fsp3) is 0.222. The SMILES string of the molecule is CCC/C=C(/Sc1ccc(C)cc1)C(=O)N(Cc1ccccc1)S(=O)(=O)c1ccc(C)cc1. The third kappa shape index (κ3) is 6.59. The number of allylic oxidation sites excluding steroid dienone is 1. The van der Waals surface area contributed by atoms with Crippen molar-refractivity contribution in [2.75, 3.05) is 0 Å². The van der Waals surface area contributed by atoms with E-state index in [0.717, 1.165) is 32.3 Å². The van der Waals surface area contributed by atoms with Crippen molar-refractivity contribution in [2.45, 2.75) is 49.9 Å². The zero-order valence-corrected chi connectivity index (χ0v) is 20.8. The molecule has 0 heterocycles. The molecule has 0 aromatic heterocycles. The van der Waals surface area contributed by atoms with Crippen molar-refractivity contribution in [1.82, 2.24) is 4.31 Å². The van der Waals surface area contributed by atoms with Gasteiger partial charge in [0.25, 0.3) is 15.9 Å². The van der Waals surface area contributed by atoms with Crippen LogP contribution in [-0.2, 0) is 21.4 Å². The molecule has 0 aliphatic heterocycles. The van der Waals surface area contributed by atoms with E-state index in [0.29, 0.717) is 11.3 Å². The van der Waals surface area contributed by atoms with Gasteiger partial charge in [0.05, 0.1) is 16.3 Å². The first-order valence-corrected chi connectivity index (χ1v) is 13.2. The quantitative estimate of drug-likeness (QED) is 0.260. The van der Waals surface area contributed by atoms with Gasteiger partial charge < -0.3 is 0 Å². The predicted octanol–water partition coefficient (Wildman–Crippen LogP) is 6.50. The van der Waals surface area contributed by atoms with E-state index in [4.69, 9.17) is 0 Å². The standard InChI is InChI=1S/C27H29NO3S2/c1-4-5-11-26(32-24-16-12-21(2)13-17-24)27(29)28(20-23-9-7-6-8-10-23)33(30,31)25-18-14-22(3)15-19-25/h6-19H,4-5,20H2,1-3H3/b26-11+. The van der Waals surface area contributed by atoms with Gasteiger partial charge >= 0.3 is 0 Å². The van der Waals surface area contributed by atoms with Crippen LogP contribution in [0.25, 0.3) is 0 Å². The molecule has 0 aliphatic rings. The minimum atomic E-state index is -4.05. The highest BCUT2D eigenvalue weighted by molar-refractivity contribution is 8.04. The molecule has 3 aromatic carbocycles. The van der Waals surface area contributed by atoms with Crippen molar-refractivity contribution in [3.63, 3.8) is 0 Å². The zero-order valence-electron chi connectivity index (χ0n) is 19.2. The summed E-state index contributed by atoms with van der Waals surface area (Å²) in [5, 5.41) is 0. The molecule has 0 atom stereocenters. The van der Waals surface area contributed by atoms with E-state index in [1.165, 1.54) is 11.8 Å². The number of nitrogens with zero attached hydrogens (tertiary/aromatic N) is 1. The summed E-state index contributed by atoms with van der Waals surface area (Å²) in [6.07, 6.45) is 3.38. The van der Waals surface area contributed by atoms with Gasteiger partial charge in [-0.1, -0.05) is 96.9 Å². The second-order valence-corrected chi connectivity index (χ2v) is 10.9. The summed E-state index contributed by atoms with van der Waals surface area (Å²) in [4.78, 5) is 15.2. The third-order valence-electron chi connectivity index (χ3n) is 5.08. The molecule has 3 aromatic rings. The lowest BCUT2D eigenvalue weighted by molar-refractivity contribution is -0.122. The fourth-order valence-corrected chi connectivity index (χ4v) is 5.51. The van der Waals surface area contributed by atoms with Crippen LogP contribution in [0.1, 0.15) is 36.5 Å². The Labute approximate surface area is 201 Å². The van der Waals surface area contributed by atoms with E-state index in [1.807, 2.05) is 81.4 Å². The summed E-state index contributed by atoms with van der Waals surface area (Å²) in [6, 6.07) is 23.6. The van der Waals surface area contributed by atoms with Crippen molar-refractivity contribution in [3.05, 3.63) is 107 Å². The van der Waals surface area contributed by atoms with Crippen LogP contribution < -0.4 is 0 Å². The Morgan fingerprint density at radius 3 is 2.03 bits per heavy atom. The number of thioether (sulfide) groups is 1. The average molecular weight is 480 g/mol. The summed E-state index contributed by atoms with van der Waals surface area (Å²) in [7, 11) is -4.05. The summed E-state index contributed by atoms with van der Waals surface area (Å²) in [6.45, 7) is 5.89. The molecule has 6 heteroatoms. The Hall–Kier alpha value is -2.83. The first-order valence-electron chi connectivity index (χ1n) is 10.9.